The molecule has 7 nitrogen and oxygen atoms in total. The molecular formula is C23H29IN4O3. The molecular weight excluding hydrogens is 507 g/mol. The molecule has 8 heteroatoms. The lowest BCUT2D eigenvalue weighted by atomic mass is 10.1. The Hall–Kier alpha value is -2.72. The van der Waals surface area contributed by atoms with Crippen molar-refractivity contribution in [3.05, 3.63) is 77.7 Å². The van der Waals surface area contributed by atoms with Crippen LogP contribution in [0.3, 0.4) is 0 Å². The zero-order valence-corrected chi connectivity index (χ0v) is 20.3. The average Bonchev–Trinajstić information content (AvgIpc) is 3.26. The number of anilines is 1. The number of nitrogens with one attached hydrogen (secondary N) is 1. The predicted octanol–water partition coefficient (Wildman–Crippen LogP) is 4.47. The lowest BCUT2D eigenvalue weighted by molar-refractivity contribution is 0.287. The summed E-state index contributed by atoms with van der Waals surface area (Å²) in [5, 5.41) is 3.10. The predicted molar refractivity (Wildman–Crippen MR) is 134 cm³/mol. The molecule has 0 aliphatic carbocycles. The Balaban J connectivity index is 0.00000341. The minimum absolute atomic E-state index is 0. The average molecular weight is 536 g/mol. The van der Waals surface area contributed by atoms with Gasteiger partial charge < -0.3 is 24.9 Å². The van der Waals surface area contributed by atoms with E-state index in [1.54, 1.807) is 20.5 Å². The van der Waals surface area contributed by atoms with E-state index in [4.69, 9.17) is 19.6 Å². The van der Waals surface area contributed by atoms with Crippen LogP contribution in [0.25, 0.3) is 0 Å². The third-order valence-corrected chi connectivity index (χ3v) is 4.65. The van der Waals surface area contributed by atoms with Crippen LogP contribution in [0.2, 0.25) is 0 Å². The molecule has 166 valence electrons. The first-order chi connectivity index (χ1) is 14.6. The topological polar surface area (TPSA) is 85.2 Å². The third kappa shape index (κ3) is 7.18. The summed E-state index contributed by atoms with van der Waals surface area (Å²) >= 11 is 0. The molecule has 0 radical (unpaired) electrons. The SMILES string of the molecule is COc1ccc(OC)c(NC(N)=NCc2ccccc2CN(C)Cc2ccco2)c1.I. The monoisotopic (exact) mass is 536 g/mol. The van der Waals surface area contributed by atoms with Crippen molar-refractivity contribution in [3.8, 4) is 11.5 Å². The maximum atomic E-state index is 6.13. The molecule has 3 aromatic rings. The van der Waals surface area contributed by atoms with Gasteiger partial charge in [-0.15, -0.1) is 24.0 Å². The largest absolute Gasteiger partial charge is 0.497 e. The summed E-state index contributed by atoms with van der Waals surface area (Å²) in [4.78, 5) is 6.71. The molecule has 0 unspecified atom stereocenters. The van der Waals surface area contributed by atoms with E-state index in [1.165, 1.54) is 5.56 Å². The van der Waals surface area contributed by atoms with Gasteiger partial charge in [0.2, 0.25) is 0 Å². The van der Waals surface area contributed by atoms with E-state index in [1.807, 2.05) is 42.5 Å². The standard InChI is InChI=1S/C23H28N4O3.HI/c1-27(16-20-9-6-12-30-20)15-18-8-5-4-7-17(18)14-25-23(24)26-21-13-19(28-2)10-11-22(21)29-3;/h4-13H,14-16H2,1-3H3,(H3,24,25,26);1H. The van der Waals surface area contributed by atoms with Crippen molar-refractivity contribution in [2.45, 2.75) is 19.6 Å². The van der Waals surface area contributed by atoms with Gasteiger partial charge in [-0.1, -0.05) is 24.3 Å². The summed E-state index contributed by atoms with van der Waals surface area (Å²) in [5.41, 5.74) is 9.14. The van der Waals surface area contributed by atoms with Crippen LogP contribution in [0.4, 0.5) is 5.69 Å². The van der Waals surface area contributed by atoms with Gasteiger partial charge in [0.1, 0.15) is 17.3 Å². The Morgan fingerprint density at radius 3 is 2.48 bits per heavy atom. The van der Waals surface area contributed by atoms with Crippen LogP contribution < -0.4 is 20.5 Å². The van der Waals surface area contributed by atoms with Gasteiger partial charge in [0, 0.05) is 12.6 Å². The Labute approximate surface area is 200 Å². The van der Waals surface area contributed by atoms with E-state index >= 15 is 0 Å². The molecule has 3 rings (SSSR count). The fourth-order valence-electron chi connectivity index (χ4n) is 3.14. The zero-order chi connectivity index (χ0) is 21.3. The first-order valence-corrected chi connectivity index (χ1v) is 9.65. The first kappa shape index (κ1) is 24.5. The van der Waals surface area contributed by atoms with E-state index in [0.29, 0.717) is 29.7 Å². The zero-order valence-electron chi connectivity index (χ0n) is 18.0. The summed E-state index contributed by atoms with van der Waals surface area (Å²) < 4.78 is 16.1. The van der Waals surface area contributed by atoms with Gasteiger partial charge in [-0.2, -0.15) is 0 Å². The highest BCUT2D eigenvalue weighted by Crippen LogP contribution is 2.28. The molecule has 0 saturated carbocycles. The summed E-state index contributed by atoms with van der Waals surface area (Å²) in [6.07, 6.45) is 1.69. The van der Waals surface area contributed by atoms with Crippen LogP contribution >= 0.6 is 24.0 Å². The highest BCUT2D eigenvalue weighted by molar-refractivity contribution is 14.0. The van der Waals surface area contributed by atoms with E-state index in [2.05, 4.69) is 34.4 Å². The Kier molecular flexibility index (Phi) is 9.67. The molecule has 31 heavy (non-hydrogen) atoms. The number of nitrogens with two attached hydrogens (primary N) is 1. The molecule has 1 heterocycles. The van der Waals surface area contributed by atoms with Crippen molar-refractivity contribution >= 4 is 35.6 Å². The number of nitrogens with zero attached hydrogens (tertiary/aromatic N) is 2. The molecule has 1 aromatic heterocycles. The van der Waals surface area contributed by atoms with Crippen molar-refractivity contribution in [1.29, 1.82) is 0 Å². The number of hydrogen-bond acceptors (Lipinski definition) is 5. The number of aliphatic imine (C=N–C) groups is 1. The second-order valence-electron chi connectivity index (χ2n) is 6.91. The van der Waals surface area contributed by atoms with Gasteiger partial charge in [-0.25, -0.2) is 4.99 Å². The van der Waals surface area contributed by atoms with Gasteiger partial charge in [-0.05, 0) is 42.4 Å². The smallest absolute Gasteiger partial charge is 0.193 e. The molecule has 3 N–H and O–H groups in total. The molecule has 2 aromatic carbocycles. The number of ether oxygens (including phenoxy) is 2. The van der Waals surface area contributed by atoms with E-state index in [-0.39, 0.29) is 24.0 Å². The van der Waals surface area contributed by atoms with Crippen LogP contribution in [0.1, 0.15) is 16.9 Å². The van der Waals surface area contributed by atoms with Gasteiger partial charge in [-0.3, -0.25) is 4.90 Å². The quantitative estimate of drug-likeness (QED) is 0.239. The summed E-state index contributed by atoms with van der Waals surface area (Å²) in [6, 6.07) is 17.6. The van der Waals surface area contributed by atoms with Crippen LogP contribution in [0, 0.1) is 0 Å². The van der Waals surface area contributed by atoms with E-state index in [9.17, 15) is 0 Å². The van der Waals surface area contributed by atoms with Crippen molar-refractivity contribution < 1.29 is 13.9 Å². The van der Waals surface area contributed by atoms with Crippen LogP contribution in [0.15, 0.2) is 70.3 Å². The van der Waals surface area contributed by atoms with Crippen LogP contribution in [-0.2, 0) is 19.6 Å². The number of furan rings is 1. The van der Waals surface area contributed by atoms with Gasteiger partial charge >= 0.3 is 0 Å². The summed E-state index contributed by atoms with van der Waals surface area (Å²) in [5.74, 6) is 2.61. The van der Waals surface area contributed by atoms with Crippen molar-refractivity contribution in [3.63, 3.8) is 0 Å². The molecule has 0 amide bonds. The first-order valence-electron chi connectivity index (χ1n) is 9.65. The number of halogens is 1. The second-order valence-corrected chi connectivity index (χ2v) is 6.91. The minimum atomic E-state index is 0. The van der Waals surface area contributed by atoms with Crippen LogP contribution in [0.5, 0.6) is 11.5 Å². The number of hydrogen-bond donors (Lipinski definition) is 2. The van der Waals surface area contributed by atoms with E-state index in [0.717, 1.165) is 24.4 Å². The Morgan fingerprint density at radius 1 is 1.03 bits per heavy atom. The van der Waals surface area contributed by atoms with Crippen LogP contribution in [-0.4, -0.2) is 32.1 Å². The number of benzene rings is 2. The molecule has 0 atom stereocenters. The molecule has 0 fully saturated rings. The van der Waals surface area contributed by atoms with Crippen molar-refractivity contribution in [1.82, 2.24) is 4.90 Å². The van der Waals surface area contributed by atoms with E-state index < -0.39 is 0 Å². The molecule has 0 aliphatic rings. The molecule has 0 spiro atoms. The maximum absolute atomic E-state index is 6.13. The lowest BCUT2D eigenvalue weighted by Gasteiger charge is -2.17. The normalized spacial score (nSPS) is 11.2. The number of rotatable bonds is 9. The third-order valence-electron chi connectivity index (χ3n) is 4.65. The minimum Gasteiger partial charge on any atom is -0.497 e. The Morgan fingerprint density at radius 2 is 1.81 bits per heavy atom. The van der Waals surface area contributed by atoms with Gasteiger partial charge in [0.25, 0.3) is 0 Å². The molecule has 0 bridgehead atoms. The highest BCUT2D eigenvalue weighted by atomic mass is 127. The Bertz CT molecular complexity index is 977. The number of methoxy groups -OCH3 is 2. The highest BCUT2D eigenvalue weighted by Gasteiger charge is 2.09. The second kappa shape index (κ2) is 12.2. The van der Waals surface area contributed by atoms with Crippen molar-refractivity contribution in [2.24, 2.45) is 10.7 Å². The number of guanidine groups is 1. The summed E-state index contributed by atoms with van der Waals surface area (Å²) in [6.45, 7) is 1.99. The molecule has 0 saturated heterocycles. The van der Waals surface area contributed by atoms with Gasteiger partial charge in [0.15, 0.2) is 5.96 Å². The lowest BCUT2D eigenvalue weighted by Crippen LogP contribution is -2.23. The maximum Gasteiger partial charge on any atom is 0.193 e. The fourth-order valence-corrected chi connectivity index (χ4v) is 3.14. The summed E-state index contributed by atoms with van der Waals surface area (Å²) in [7, 11) is 5.28. The van der Waals surface area contributed by atoms with Crippen molar-refractivity contribution in [2.75, 3.05) is 26.6 Å². The molecule has 0 aliphatic heterocycles. The van der Waals surface area contributed by atoms with Gasteiger partial charge in [0.05, 0.1) is 39.3 Å². The fraction of sp³-hybridized carbons (Fsp3) is 0.261.